The molecule has 2 aromatic heterocycles. The van der Waals surface area contributed by atoms with Gasteiger partial charge in [0.15, 0.2) is 0 Å². The minimum absolute atomic E-state index is 0.0771. The molecule has 24 heavy (non-hydrogen) atoms. The van der Waals surface area contributed by atoms with E-state index in [9.17, 15) is 9.90 Å². The molecule has 0 fully saturated rings. The fourth-order valence-corrected chi connectivity index (χ4v) is 2.64. The van der Waals surface area contributed by atoms with Crippen LogP contribution in [0.25, 0.3) is 11.0 Å². The highest BCUT2D eigenvalue weighted by Gasteiger charge is 2.27. The predicted octanol–water partition coefficient (Wildman–Crippen LogP) is 3.21. The Morgan fingerprint density at radius 1 is 1.25 bits per heavy atom. The van der Waals surface area contributed by atoms with E-state index in [-0.39, 0.29) is 18.9 Å². The van der Waals surface area contributed by atoms with Crippen molar-refractivity contribution in [3.8, 4) is 0 Å². The van der Waals surface area contributed by atoms with Gasteiger partial charge in [0, 0.05) is 10.9 Å². The fourth-order valence-electron chi connectivity index (χ4n) is 2.64. The lowest BCUT2D eigenvalue weighted by Crippen LogP contribution is -2.39. The van der Waals surface area contributed by atoms with Crippen LogP contribution in [-0.2, 0) is 16.8 Å². The molecule has 0 aliphatic heterocycles. The van der Waals surface area contributed by atoms with Crippen LogP contribution in [0.2, 0.25) is 0 Å². The molecular weight excluding hydrogens is 306 g/mol. The number of carbonyl (C=O) groups excluding carboxylic acids is 1. The van der Waals surface area contributed by atoms with Gasteiger partial charge in [-0.15, -0.1) is 0 Å². The number of furan rings is 2. The van der Waals surface area contributed by atoms with Crippen molar-refractivity contribution in [1.82, 2.24) is 5.32 Å². The van der Waals surface area contributed by atoms with Gasteiger partial charge in [0.25, 0.3) is 0 Å². The summed E-state index contributed by atoms with van der Waals surface area (Å²) in [5, 5.41) is 14.1. The molecular formula is C19H21NO4. The van der Waals surface area contributed by atoms with Crippen LogP contribution in [0.3, 0.4) is 0 Å². The summed E-state index contributed by atoms with van der Waals surface area (Å²) >= 11 is 0. The average Bonchev–Trinajstić information content (AvgIpc) is 3.12. The molecule has 5 nitrogen and oxygen atoms in total. The van der Waals surface area contributed by atoms with Crippen molar-refractivity contribution < 1.29 is 18.7 Å². The number of aryl methyl sites for hydroxylation is 2. The molecule has 0 aliphatic rings. The maximum atomic E-state index is 12.2. The average molecular weight is 327 g/mol. The van der Waals surface area contributed by atoms with Crippen LogP contribution in [-0.4, -0.2) is 17.6 Å². The smallest absolute Gasteiger partial charge is 0.224 e. The van der Waals surface area contributed by atoms with E-state index in [4.69, 9.17) is 8.83 Å². The Balaban J connectivity index is 1.65. The highest BCUT2D eigenvalue weighted by Crippen LogP contribution is 2.24. The molecule has 1 aromatic carbocycles. The number of hydrogen-bond acceptors (Lipinski definition) is 4. The Hall–Kier alpha value is -2.53. The van der Waals surface area contributed by atoms with E-state index in [1.165, 1.54) is 0 Å². The normalized spacial score (nSPS) is 13.8. The predicted molar refractivity (Wildman–Crippen MR) is 90.7 cm³/mol. The van der Waals surface area contributed by atoms with E-state index in [0.29, 0.717) is 5.76 Å². The minimum atomic E-state index is -1.25. The molecule has 0 radical (unpaired) electrons. The van der Waals surface area contributed by atoms with Gasteiger partial charge in [-0.05, 0) is 44.5 Å². The van der Waals surface area contributed by atoms with E-state index in [2.05, 4.69) is 5.32 Å². The van der Waals surface area contributed by atoms with Gasteiger partial charge in [0.1, 0.15) is 22.7 Å². The Labute approximate surface area is 140 Å². The lowest BCUT2D eigenvalue weighted by atomic mass is 10.0. The molecule has 0 saturated carbocycles. The van der Waals surface area contributed by atoms with E-state index in [1.54, 1.807) is 25.3 Å². The van der Waals surface area contributed by atoms with Crippen LogP contribution in [0.4, 0.5) is 0 Å². The number of hydrogen-bond donors (Lipinski definition) is 2. The highest BCUT2D eigenvalue weighted by molar-refractivity contribution is 5.87. The fraction of sp³-hybridized carbons (Fsp3) is 0.316. The second kappa shape index (κ2) is 6.17. The summed E-state index contributed by atoms with van der Waals surface area (Å²) in [4.78, 5) is 12.2. The number of fused-ring (bicyclic) bond motifs is 1. The van der Waals surface area contributed by atoms with Crippen molar-refractivity contribution in [2.75, 3.05) is 6.54 Å². The second-order valence-corrected chi connectivity index (χ2v) is 6.40. The zero-order valence-electron chi connectivity index (χ0n) is 14.1. The van der Waals surface area contributed by atoms with Gasteiger partial charge in [-0.2, -0.15) is 0 Å². The zero-order chi connectivity index (χ0) is 17.3. The van der Waals surface area contributed by atoms with Crippen LogP contribution in [0.1, 0.15) is 29.6 Å². The number of rotatable bonds is 5. The van der Waals surface area contributed by atoms with Crippen LogP contribution in [0.5, 0.6) is 0 Å². The van der Waals surface area contributed by atoms with Crippen molar-refractivity contribution in [2.45, 2.75) is 32.8 Å². The largest absolute Gasteiger partial charge is 0.464 e. The number of nitrogens with one attached hydrogen (secondary N) is 1. The summed E-state index contributed by atoms with van der Waals surface area (Å²) in [7, 11) is 0. The van der Waals surface area contributed by atoms with E-state index >= 15 is 0 Å². The van der Waals surface area contributed by atoms with Gasteiger partial charge < -0.3 is 19.3 Å². The van der Waals surface area contributed by atoms with Crippen molar-refractivity contribution in [2.24, 2.45) is 0 Å². The Bertz CT molecular complexity index is 873. The summed E-state index contributed by atoms with van der Waals surface area (Å²) < 4.78 is 10.9. The summed E-state index contributed by atoms with van der Waals surface area (Å²) in [5.41, 5.74) is 1.46. The third-order valence-corrected chi connectivity index (χ3v) is 4.06. The maximum absolute atomic E-state index is 12.2. The van der Waals surface area contributed by atoms with Crippen LogP contribution in [0.15, 0.2) is 45.4 Å². The third-order valence-electron chi connectivity index (χ3n) is 4.06. The molecule has 1 unspecified atom stereocenters. The molecule has 3 rings (SSSR count). The summed E-state index contributed by atoms with van der Waals surface area (Å²) in [5.74, 6) is 0.975. The Morgan fingerprint density at radius 3 is 2.75 bits per heavy atom. The highest BCUT2D eigenvalue weighted by atomic mass is 16.4. The molecule has 3 aromatic rings. The number of carbonyl (C=O) groups is 1. The second-order valence-electron chi connectivity index (χ2n) is 6.40. The minimum Gasteiger partial charge on any atom is -0.464 e. The lowest BCUT2D eigenvalue weighted by molar-refractivity contribution is -0.121. The third kappa shape index (κ3) is 3.36. The number of aliphatic hydroxyl groups is 1. The summed E-state index contributed by atoms with van der Waals surface area (Å²) in [6.45, 7) is 5.49. The first-order valence-electron chi connectivity index (χ1n) is 7.88. The molecule has 0 spiro atoms. The van der Waals surface area contributed by atoms with Crippen molar-refractivity contribution >= 4 is 16.9 Å². The van der Waals surface area contributed by atoms with Gasteiger partial charge in [-0.3, -0.25) is 4.79 Å². The van der Waals surface area contributed by atoms with Crippen LogP contribution in [0, 0.1) is 13.8 Å². The van der Waals surface area contributed by atoms with Crippen molar-refractivity contribution in [1.29, 1.82) is 0 Å². The molecule has 2 N–H and O–H groups in total. The quantitative estimate of drug-likeness (QED) is 0.754. The molecule has 0 saturated heterocycles. The van der Waals surface area contributed by atoms with Crippen molar-refractivity contribution in [3.05, 3.63) is 59.2 Å². The summed E-state index contributed by atoms with van der Waals surface area (Å²) in [6, 6.07) is 9.39. The first-order valence-corrected chi connectivity index (χ1v) is 7.88. The Morgan fingerprint density at radius 2 is 2.04 bits per heavy atom. The first kappa shape index (κ1) is 16.3. The van der Waals surface area contributed by atoms with E-state index in [0.717, 1.165) is 27.9 Å². The molecule has 126 valence electrons. The lowest BCUT2D eigenvalue weighted by Gasteiger charge is -2.21. The van der Waals surface area contributed by atoms with E-state index < -0.39 is 5.60 Å². The van der Waals surface area contributed by atoms with Crippen LogP contribution >= 0.6 is 0 Å². The van der Waals surface area contributed by atoms with E-state index in [1.807, 2.05) is 32.0 Å². The monoisotopic (exact) mass is 327 g/mol. The van der Waals surface area contributed by atoms with Crippen LogP contribution < -0.4 is 5.32 Å². The number of amides is 1. The van der Waals surface area contributed by atoms with Gasteiger partial charge in [-0.25, -0.2) is 0 Å². The molecule has 2 heterocycles. The molecule has 1 atom stereocenters. The zero-order valence-corrected chi connectivity index (χ0v) is 14.1. The standard InChI is InChI=1S/C19H21NO4/c1-12-4-6-15-14(10-23-16(15)8-12)9-18(21)20-11-19(3,22)17-7-5-13(2)24-17/h4-8,10,22H,9,11H2,1-3H3,(H,20,21). The number of benzene rings is 1. The first-order chi connectivity index (χ1) is 11.3. The molecule has 0 aliphatic carbocycles. The molecule has 5 heteroatoms. The molecule has 0 bridgehead atoms. The van der Waals surface area contributed by atoms with Gasteiger partial charge in [0.05, 0.1) is 19.2 Å². The topological polar surface area (TPSA) is 75.6 Å². The SMILES string of the molecule is Cc1ccc2c(CC(=O)NCC(C)(O)c3ccc(C)o3)coc2c1. The Kier molecular flexibility index (Phi) is 4.20. The maximum Gasteiger partial charge on any atom is 0.224 e. The van der Waals surface area contributed by atoms with Gasteiger partial charge >= 0.3 is 0 Å². The molecule has 1 amide bonds. The van der Waals surface area contributed by atoms with Gasteiger partial charge in [0.2, 0.25) is 5.91 Å². The van der Waals surface area contributed by atoms with Crippen molar-refractivity contribution in [3.63, 3.8) is 0 Å². The van der Waals surface area contributed by atoms with Gasteiger partial charge in [-0.1, -0.05) is 12.1 Å². The summed E-state index contributed by atoms with van der Waals surface area (Å²) in [6.07, 6.45) is 1.81.